The Hall–Kier alpha value is -4.09. The topological polar surface area (TPSA) is 37.6 Å². The highest BCUT2D eigenvalue weighted by Crippen LogP contribution is 2.40. The van der Waals surface area contributed by atoms with Crippen LogP contribution >= 0.6 is 11.8 Å². The Morgan fingerprint density at radius 3 is 2.38 bits per heavy atom. The number of hydrogen-bond acceptors (Lipinski definition) is 3. The molecule has 2 heterocycles. The van der Waals surface area contributed by atoms with Gasteiger partial charge >= 0.3 is 0 Å². The predicted molar refractivity (Wildman–Crippen MR) is 163 cm³/mol. The Bertz CT molecular complexity index is 1740. The summed E-state index contributed by atoms with van der Waals surface area (Å²) in [7, 11) is 0. The van der Waals surface area contributed by atoms with E-state index in [1.165, 1.54) is 46.5 Å². The number of carbonyl (C=O) groups is 1. The zero-order valence-electron chi connectivity index (χ0n) is 21.7. The number of aliphatic imine (C=N–C) groups is 1. The molecule has 0 atom stereocenters. The molecule has 4 nitrogen and oxygen atoms in total. The van der Waals surface area contributed by atoms with Crippen LogP contribution in [-0.2, 0) is 11.3 Å². The summed E-state index contributed by atoms with van der Waals surface area (Å²) in [6, 6.07) is 33.7. The lowest BCUT2D eigenvalue weighted by Gasteiger charge is -2.22. The Labute approximate surface area is 232 Å². The van der Waals surface area contributed by atoms with E-state index in [9.17, 15) is 4.79 Å². The van der Waals surface area contributed by atoms with Crippen LogP contribution in [0, 0.1) is 0 Å². The number of amidine groups is 1. The summed E-state index contributed by atoms with van der Waals surface area (Å²) in [6.45, 7) is 0.765. The normalized spacial score (nSPS) is 18.4. The summed E-state index contributed by atoms with van der Waals surface area (Å²) in [5.74, 6) is 0.0764. The van der Waals surface area contributed by atoms with Gasteiger partial charge in [0.2, 0.25) is 0 Å². The molecule has 0 spiro atoms. The zero-order valence-corrected chi connectivity index (χ0v) is 22.5. The Kier molecular flexibility index (Phi) is 6.29. The minimum atomic E-state index is 0.0764. The number of para-hydroxylation sites is 2. The van der Waals surface area contributed by atoms with Crippen LogP contribution in [0.2, 0.25) is 0 Å². The lowest BCUT2D eigenvalue weighted by molar-refractivity contribution is -0.123. The van der Waals surface area contributed by atoms with E-state index in [2.05, 4.69) is 83.6 Å². The van der Waals surface area contributed by atoms with E-state index in [1.54, 1.807) is 0 Å². The van der Waals surface area contributed by atoms with Crippen molar-refractivity contribution in [1.82, 2.24) is 9.47 Å². The number of thioether (sulfide) groups is 1. The van der Waals surface area contributed by atoms with Gasteiger partial charge in [-0.15, -0.1) is 0 Å². The zero-order chi connectivity index (χ0) is 26.2. The smallest absolute Gasteiger partial charge is 0.267 e. The summed E-state index contributed by atoms with van der Waals surface area (Å²) < 4.78 is 2.31. The molecular formula is C34H29N3OS. The minimum Gasteiger partial charge on any atom is -0.342 e. The number of aromatic nitrogens is 1. The molecule has 0 unspecified atom stereocenters. The summed E-state index contributed by atoms with van der Waals surface area (Å²) in [4.78, 5) is 21.4. The van der Waals surface area contributed by atoms with Crippen LogP contribution in [0.4, 0.5) is 5.69 Å². The van der Waals surface area contributed by atoms with Crippen molar-refractivity contribution >= 4 is 56.3 Å². The third-order valence-electron chi connectivity index (χ3n) is 7.83. The van der Waals surface area contributed by atoms with Gasteiger partial charge in [0.1, 0.15) is 0 Å². The van der Waals surface area contributed by atoms with Crippen molar-refractivity contribution in [2.45, 2.75) is 38.3 Å². The second-order valence-corrected chi connectivity index (χ2v) is 11.3. The van der Waals surface area contributed by atoms with E-state index in [4.69, 9.17) is 4.99 Å². The molecule has 192 valence electrons. The molecular weight excluding hydrogens is 498 g/mol. The highest BCUT2D eigenvalue weighted by atomic mass is 32.2. The van der Waals surface area contributed by atoms with Crippen LogP contribution in [0.15, 0.2) is 113 Å². The lowest BCUT2D eigenvalue weighted by Crippen LogP contribution is -2.37. The van der Waals surface area contributed by atoms with Gasteiger partial charge in [-0.05, 0) is 65.2 Å². The van der Waals surface area contributed by atoms with Crippen LogP contribution in [-0.4, -0.2) is 26.6 Å². The first-order valence-electron chi connectivity index (χ1n) is 13.7. The van der Waals surface area contributed by atoms with Crippen molar-refractivity contribution in [1.29, 1.82) is 0 Å². The van der Waals surface area contributed by atoms with Gasteiger partial charge in [0.25, 0.3) is 5.91 Å². The number of carbonyl (C=O) groups excluding carboxylic acids is 1. The number of rotatable bonds is 5. The molecule has 1 saturated heterocycles. The van der Waals surface area contributed by atoms with Crippen molar-refractivity contribution in [3.63, 3.8) is 0 Å². The fraction of sp³-hybridized carbons (Fsp3) is 0.176. The largest absolute Gasteiger partial charge is 0.342 e. The summed E-state index contributed by atoms with van der Waals surface area (Å²) >= 11 is 1.51. The third kappa shape index (κ3) is 4.57. The van der Waals surface area contributed by atoms with Gasteiger partial charge in [-0.25, -0.2) is 4.99 Å². The van der Waals surface area contributed by atoms with Crippen molar-refractivity contribution in [3.05, 3.63) is 119 Å². The van der Waals surface area contributed by atoms with Crippen LogP contribution in [0.3, 0.4) is 0 Å². The molecule has 5 aromatic rings. The number of nitrogens with zero attached hydrogens (tertiary/aromatic N) is 3. The molecule has 1 aliphatic carbocycles. The molecule has 0 radical (unpaired) electrons. The van der Waals surface area contributed by atoms with E-state index in [0.717, 1.165) is 46.1 Å². The maximum Gasteiger partial charge on any atom is 0.267 e. The first-order valence-corrected chi connectivity index (χ1v) is 14.5. The summed E-state index contributed by atoms with van der Waals surface area (Å²) in [6.07, 6.45) is 8.68. The number of benzene rings is 4. The van der Waals surface area contributed by atoms with Crippen molar-refractivity contribution in [2.75, 3.05) is 0 Å². The maximum absolute atomic E-state index is 13.8. The van der Waals surface area contributed by atoms with E-state index in [0.29, 0.717) is 0 Å². The van der Waals surface area contributed by atoms with E-state index >= 15 is 0 Å². The van der Waals surface area contributed by atoms with E-state index in [-0.39, 0.29) is 11.9 Å². The van der Waals surface area contributed by atoms with Crippen molar-refractivity contribution in [3.8, 4) is 0 Å². The summed E-state index contributed by atoms with van der Waals surface area (Å²) in [5, 5.41) is 4.47. The standard InChI is InChI=1S/C34H29N3OS/c38-33-32(39-34(35-27-14-2-1-3-15-27)37(33)28-16-5-6-17-28)21-26-23-36(31-20-9-8-19-30(26)31)22-25-13-10-12-24-11-4-7-18-29(24)25/h1-4,7-15,18-21,23,28H,5-6,16-17,22H2/b32-21+,35-34?. The fourth-order valence-corrected chi connectivity index (χ4v) is 6.99. The predicted octanol–water partition coefficient (Wildman–Crippen LogP) is 8.39. The molecule has 5 heteroatoms. The van der Waals surface area contributed by atoms with Crippen molar-refractivity contribution < 1.29 is 4.79 Å². The first-order chi connectivity index (χ1) is 19.2. The van der Waals surface area contributed by atoms with Gasteiger partial charge in [0.15, 0.2) is 5.17 Å². The molecule has 4 aromatic carbocycles. The average Bonchev–Trinajstić information content (AvgIpc) is 3.69. The third-order valence-corrected chi connectivity index (χ3v) is 8.82. The SMILES string of the molecule is O=C1/C(=C\c2cn(Cc3cccc4ccccc34)c3ccccc23)SC(=Nc2ccccc2)N1C1CCCC1. The van der Waals surface area contributed by atoms with Crippen LogP contribution < -0.4 is 0 Å². The molecule has 2 fully saturated rings. The highest BCUT2D eigenvalue weighted by Gasteiger charge is 2.39. The Morgan fingerprint density at radius 2 is 1.54 bits per heavy atom. The highest BCUT2D eigenvalue weighted by molar-refractivity contribution is 8.18. The lowest BCUT2D eigenvalue weighted by atomic mass is 10.0. The van der Waals surface area contributed by atoms with Gasteiger partial charge in [0, 0.05) is 35.2 Å². The quantitative estimate of drug-likeness (QED) is 0.215. The van der Waals surface area contributed by atoms with Crippen LogP contribution in [0.25, 0.3) is 27.8 Å². The first kappa shape index (κ1) is 24.0. The van der Waals surface area contributed by atoms with Gasteiger partial charge in [-0.2, -0.15) is 0 Å². The van der Waals surface area contributed by atoms with Crippen molar-refractivity contribution in [2.24, 2.45) is 4.99 Å². The number of fused-ring (bicyclic) bond motifs is 2. The van der Waals surface area contributed by atoms with E-state index in [1.807, 2.05) is 35.2 Å². The molecule has 0 N–H and O–H groups in total. The summed E-state index contributed by atoms with van der Waals surface area (Å²) in [5.41, 5.74) is 4.39. The van der Waals surface area contributed by atoms with Gasteiger partial charge in [-0.1, -0.05) is 91.7 Å². The fourth-order valence-electron chi connectivity index (χ4n) is 5.94. The average molecular weight is 528 g/mol. The Balaban J connectivity index is 1.28. The van der Waals surface area contributed by atoms with E-state index < -0.39 is 0 Å². The van der Waals surface area contributed by atoms with Crippen LogP contribution in [0.5, 0.6) is 0 Å². The molecule has 7 rings (SSSR count). The molecule has 1 amide bonds. The molecule has 0 bridgehead atoms. The van der Waals surface area contributed by atoms with Crippen LogP contribution in [0.1, 0.15) is 36.8 Å². The number of amides is 1. The Morgan fingerprint density at radius 1 is 0.821 bits per heavy atom. The second kappa shape index (κ2) is 10.2. The minimum absolute atomic E-state index is 0.0764. The second-order valence-electron chi connectivity index (χ2n) is 10.3. The number of hydrogen-bond donors (Lipinski definition) is 0. The molecule has 1 aliphatic heterocycles. The van der Waals surface area contributed by atoms with Gasteiger partial charge in [0.05, 0.1) is 10.6 Å². The maximum atomic E-state index is 13.8. The van der Waals surface area contributed by atoms with Gasteiger partial charge in [-0.3, -0.25) is 9.69 Å². The van der Waals surface area contributed by atoms with Gasteiger partial charge < -0.3 is 4.57 Å². The monoisotopic (exact) mass is 527 g/mol. The molecule has 1 saturated carbocycles. The molecule has 39 heavy (non-hydrogen) atoms. The molecule has 2 aliphatic rings. The molecule has 1 aromatic heterocycles.